The first kappa shape index (κ1) is 12.6. The van der Waals surface area contributed by atoms with Gasteiger partial charge in [-0.25, -0.2) is 0 Å². The summed E-state index contributed by atoms with van der Waals surface area (Å²) in [4.78, 5) is 0. The van der Waals surface area contributed by atoms with Crippen molar-refractivity contribution in [1.82, 2.24) is 5.32 Å². The maximum absolute atomic E-state index is 10.1. The van der Waals surface area contributed by atoms with Crippen LogP contribution in [0.4, 0.5) is 0 Å². The van der Waals surface area contributed by atoms with E-state index in [-0.39, 0.29) is 18.6 Å². The van der Waals surface area contributed by atoms with Crippen LogP contribution in [0.1, 0.15) is 35.8 Å². The maximum Gasteiger partial charge on any atom is 0.231 e. The molecule has 2 aliphatic rings. The number of ether oxygens (including phenoxy) is 2. The van der Waals surface area contributed by atoms with Gasteiger partial charge in [0.25, 0.3) is 0 Å². The molecule has 0 spiro atoms. The van der Waals surface area contributed by atoms with Crippen LogP contribution in [-0.4, -0.2) is 11.9 Å². The number of phenols is 1. The van der Waals surface area contributed by atoms with Crippen LogP contribution in [0.3, 0.4) is 0 Å². The van der Waals surface area contributed by atoms with Crippen LogP contribution in [0, 0.1) is 0 Å². The minimum absolute atomic E-state index is 0.215. The number of hydrogen-bond donors (Lipinski definition) is 2. The minimum Gasteiger partial charge on any atom is -0.507 e. The van der Waals surface area contributed by atoms with E-state index in [0.29, 0.717) is 18.0 Å². The SMILES string of the molecule is Oc1cc2c(cc1CNC1CCCc3occc31)OCO2. The lowest BCUT2D eigenvalue weighted by atomic mass is 9.93. The molecular formula is C16H17NO4. The molecule has 0 saturated carbocycles. The van der Waals surface area contributed by atoms with Gasteiger partial charge < -0.3 is 24.3 Å². The van der Waals surface area contributed by atoms with E-state index in [1.165, 1.54) is 5.56 Å². The Kier molecular flexibility index (Phi) is 3.00. The first-order chi connectivity index (χ1) is 10.3. The van der Waals surface area contributed by atoms with Crippen LogP contribution in [0.15, 0.2) is 28.9 Å². The van der Waals surface area contributed by atoms with Crippen LogP contribution in [0.25, 0.3) is 0 Å². The molecule has 1 aromatic carbocycles. The van der Waals surface area contributed by atoms with Gasteiger partial charge in [-0.3, -0.25) is 0 Å². The molecule has 0 radical (unpaired) electrons. The normalized spacial score (nSPS) is 19.5. The van der Waals surface area contributed by atoms with E-state index in [9.17, 15) is 5.11 Å². The Bertz CT molecular complexity index is 664. The number of aryl methyl sites for hydroxylation is 1. The van der Waals surface area contributed by atoms with Crippen molar-refractivity contribution in [3.8, 4) is 17.2 Å². The molecule has 0 amide bonds. The fourth-order valence-corrected chi connectivity index (χ4v) is 3.05. The van der Waals surface area contributed by atoms with E-state index in [4.69, 9.17) is 13.9 Å². The van der Waals surface area contributed by atoms with Crippen LogP contribution >= 0.6 is 0 Å². The predicted octanol–water partition coefficient (Wildman–Crippen LogP) is 2.88. The minimum atomic E-state index is 0.215. The summed E-state index contributed by atoms with van der Waals surface area (Å²) in [5, 5.41) is 13.6. The van der Waals surface area contributed by atoms with Crippen molar-refractivity contribution in [2.45, 2.75) is 31.8 Å². The van der Waals surface area contributed by atoms with E-state index in [1.54, 1.807) is 12.3 Å². The number of nitrogens with one attached hydrogen (secondary N) is 1. The molecule has 5 heteroatoms. The lowest BCUT2D eigenvalue weighted by Crippen LogP contribution is -2.24. The van der Waals surface area contributed by atoms with Crippen molar-refractivity contribution in [2.24, 2.45) is 0 Å². The molecule has 110 valence electrons. The van der Waals surface area contributed by atoms with Gasteiger partial charge in [0, 0.05) is 36.2 Å². The topological polar surface area (TPSA) is 63.9 Å². The molecule has 4 rings (SSSR count). The Balaban J connectivity index is 1.51. The highest BCUT2D eigenvalue weighted by atomic mass is 16.7. The van der Waals surface area contributed by atoms with Crippen molar-refractivity contribution >= 4 is 0 Å². The van der Waals surface area contributed by atoms with Crippen molar-refractivity contribution in [1.29, 1.82) is 0 Å². The van der Waals surface area contributed by atoms with Gasteiger partial charge in [-0.2, -0.15) is 0 Å². The zero-order chi connectivity index (χ0) is 14.2. The summed E-state index contributed by atoms with van der Waals surface area (Å²) < 4.78 is 16.1. The van der Waals surface area contributed by atoms with E-state index in [1.807, 2.05) is 12.1 Å². The molecule has 5 nitrogen and oxygen atoms in total. The van der Waals surface area contributed by atoms with Gasteiger partial charge in [0.15, 0.2) is 11.5 Å². The summed E-state index contributed by atoms with van der Waals surface area (Å²) in [6.45, 7) is 0.796. The summed E-state index contributed by atoms with van der Waals surface area (Å²) in [5.41, 5.74) is 2.05. The number of rotatable bonds is 3. The Hall–Kier alpha value is -2.14. The first-order valence-electron chi connectivity index (χ1n) is 7.22. The molecule has 0 fully saturated rings. The molecule has 2 aromatic rings. The lowest BCUT2D eigenvalue weighted by Gasteiger charge is -2.23. The van der Waals surface area contributed by atoms with Gasteiger partial charge in [0.1, 0.15) is 11.5 Å². The Labute approximate surface area is 122 Å². The third-order valence-corrected chi connectivity index (χ3v) is 4.16. The molecule has 2 N–H and O–H groups in total. The number of phenolic OH excluding ortho intramolecular Hbond substituents is 1. The molecule has 1 aromatic heterocycles. The zero-order valence-corrected chi connectivity index (χ0v) is 11.6. The summed E-state index contributed by atoms with van der Waals surface area (Å²) in [7, 11) is 0. The average Bonchev–Trinajstić information content (AvgIpc) is 3.12. The van der Waals surface area contributed by atoms with E-state index in [2.05, 4.69) is 5.32 Å². The molecule has 2 heterocycles. The van der Waals surface area contributed by atoms with E-state index < -0.39 is 0 Å². The molecule has 0 saturated heterocycles. The molecule has 1 atom stereocenters. The second kappa shape index (κ2) is 5.00. The second-order valence-corrected chi connectivity index (χ2v) is 5.46. The number of hydrogen-bond acceptors (Lipinski definition) is 5. The number of fused-ring (bicyclic) bond motifs is 2. The standard InChI is InChI=1S/C16H17NO4/c18-13-7-16-15(20-9-21-16)6-10(13)8-17-12-2-1-3-14-11(12)4-5-19-14/h4-7,12,17-18H,1-3,8-9H2. The average molecular weight is 287 g/mol. The maximum atomic E-state index is 10.1. The molecule has 0 bridgehead atoms. The monoisotopic (exact) mass is 287 g/mol. The van der Waals surface area contributed by atoms with Crippen molar-refractivity contribution in [3.63, 3.8) is 0 Å². The highest BCUT2D eigenvalue weighted by Gasteiger charge is 2.23. The smallest absolute Gasteiger partial charge is 0.231 e. The predicted molar refractivity (Wildman–Crippen MR) is 75.5 cm³/mol. The van der Waals surface area contributed by atoms with Crippen LogP contribution in [0.2, 0.25) is 0 Å². The Morgan fingerprint density at radius 1 is 1.24 bits per heavy atom. The number of furan rings is 1. The highest BCUT2D eigenvalue weighted by molar-refractivity contribution is 5.51. The van der Waals surface area contributed by atoms with Crippen LogP contribution in [0.5, 0.6) is 17.2 Å². The second-order valence-electron chi connectivity index (χ2n) is 5.46. The fraction of sp³-hybridized carbons (Fsp3) is 0.375. The largest absolute Gasteiger partial charge is 0.507 e. The van der Waals surface area contributed by atoms with Gasteiger partial charge in [-0.15, -0.1) is 0 Å². The summed E-state index contributed by atoms with van der Waals surface area (Å²) in [6, 6.07) is 5.76. The molecule has 21 heavy (non-hydrogen) atoms. The molecule has 1 aliphatic heterocycles. The van der Waals surface area contributed by atoms with E-state index >= 15 is 0 Å². The Morgan fingerprint density at radius 2 is 2.10 bits per heavy atom. The highest BCUT2D eigenvalue weighted by Crippen LogP contribution is 2.38. The van der Waals surface area contributed by atoms with Crippen molar-refractivity contribution < 1.29 is 19.0 Å². The third kappa shape index (κ3) is 2.23. The van der Waals surface area contributed by atoms with E-state index in [0.717, 1.165) is 30.6 Å². The number of benzene rings is 1. The van der Waals surface area contributed by atoms with Crippen molar-refractivity contribution in [2.75, 3.05) is 6.79 Å². The fourth-order valence-electron chi connectivity index (χ4n) is 3.05. The summed E-state index contributed by atoms with van der Waals surface area (Å²) in [6.07, 6.45) is 4.96. The Morgan fingerprint density at radius 3 is 3.00 bits per heavy atom. The molecule has 1 unspecified atom stereocenters. The first-order valence-corrected chi connectivity index (χ1v) is 7.22. The summed E-state index contributed by atoms with van der Waals surface area (Å²) in [5.74, 6) is 2.60. The van der Waals surface area contributed by atoms with Gasteiger partial charge in [-0.05, 0) is 25.0 Å². The zero-order valence-electron chi connectivity index (χ0n) is 11.6. The molecular weight excluding hydrogens is 270 g/mol. The van der Waals surface area contributed by atoms with Crippen LogP contribution < -0.4 is 14.8 Å². The van der Waals surface area contributed by atoms with Crippen molar-refractivity contribution in [3.05, 3.63) is 41.3 Å². The number of aromatic hydroxyl groups is 1. The van der Waals surface area contributed by atoms with Crippen LogP contribution in [-0.2, 0) is 13.0 Å². The van der Waals surface area contributed by atoms with Gasteiger partial charge in [0.05, 0.1) is 6.26 Å². The lowest BCUT2D eigenvalue weighted by molar-refractivity contribution is 0.174. The van der Waals surface area contributed by atoms with Gasteiger partial charge >= 0.3 is 0 Å². The van der Waals surface area contributed by atoms with Gasteiger partial charge in [-0.1, -0.05) is 0 Å². The van der Waals surface area contributed by atoms with Gasteiger partial charge in [0.2, 0.25) is 6.79 Å². The quantitative estimate of drug-likeness (QED) is 0.908. The summed E-state index contributed by atoms with van der Waals surface area (Å²) >= 11 is 0. The molecule has 1 aliphatic carbocycles. The third-order valence-electron chi connectivity index (χ3n) is 4.16.